The van der Waals surface area contributed by atoms with E-state index in [1.54, 1.807) is 0 Å². The second kappa shape index (κ2) is 2.98. The minimum absolute atomic E-state index is 1.07. The van der Waals surface area contributed by atoms with Gasteiger partial charge in [0.25, 0.3) is 0 Å². The first-order chi connectivity index (χ1) is 5.35. The van der Waals surface area contributed by atoms with Gasteiger partial charge in [-0.25, -0.2) is 0 Å². The third kappa shape index (κ3) is 1.43. The fraction of sp³-hybridized carbons (Fsp3) is 1.00. The van der Waals surface area contributed by atoms with Crippen molar-refractivity contribution >= 4 is 12.6 Å². The fourth-order valence-electron chi connectivity index (χ4n) is 2.69. The van der Waals surface area contributed by atoms with Crippen molar-refractivity contribution in [3.63, 3.8) is 0 Å². The Balaban J connectivity index is 2.00. The summed E-state index contributed by atoms with van der Waals surface area (Å²) < 4.78 is 1.40. The van der Waals surface area contributed by atoms with Crippen molar-refractivity contribution in [3.05, 3.63) is 0 Å². The van der Waals surface area contributed by atoms with Crippen LogP contribution in [0.3, 0.4) is 0 Å². The standard InChI is InChI=1S/C9H17NS/c11-8-7-10-4-1-9(2-5-10)3-6-10/h9H,1-8H2/p+1. The molecule has 0 aromatic carbocycles. The Morgan fingerprint density at radius 3 is 2.09 bits per heavy atom. The number of hydrogen-bond acceptors (Lipinski definition) is 1. The number of rotatable bonds is 2. The molecule has 0 saturated carbocycles. The minimum Gasteiger partial charge on any atom is -0.323 e. The average Bonchev–Trinajstić information content (AvgIpc) is 2.07. The van der Waals surface area contributed by atoms with Crippen LogP contribution in [-0.2, 0) is 0 Å². The summed E-state index contributed by atoms with van der Waals surface area (Å²) >= 11 is 4.34. The van der Waals surface area contributed by atoms with E-state index in [-0.39, 0.29) is 0 Å². The Morgan fingerprint density at radius 2 is 1.64 bits per heavy atom. The molecule has 3 aliphatic heterocycles. The summed E-state index contributed by atoms with van der Waals surface area (Å²) in [6.07, 6.45) is 4.48. The van der Waals surface area contributed by atoms with Crippen LogP contribution in [0.25, 0.3) is 0 Å². The Labute approximate surface area is 74.8 Å². The number of fused-ring (bicyclic) bond motifs is 3. The largest absolute Gasteiger partial charge is 0.323 e. The van der Waals surface area contributed by atoms with Crippen LogP contribution in [0, 0.1) is 5.92 Å². The first-order valence-corrected chi connectivity index (χ1v) is 5.44. The van der Waals surface area contributed by atoms with E-state index < -0.39 is 0 Å². The van der Waals surface area contributed by atoms with E-state index in [0.717, 1.165) is 11.7 Å². The molecular weight excluding hydrogens is 154 g/mol. The molecule has 3 saturated heterocycles. The summed E-state index contributed by atoms with van der Waals surface area (Å²) in [5.74, 6) is 2.17. The molecule has 0 spiro atoms. The highest BCUT2D eigenvalue weighted by Gasteiger charge is 2.38. The van der Waals surface area contributed by atoms with Crippen molar-refractivity contribution in [1.29, 1.82) is 0 Å². The Morgan fingerprint density at radius 1 is 1.09 bits per heavy atom. The zero-order valence-corrected chi connectivity index (χ0v) is 8.02. The summed E-state index contributed by atoms with van der Waals surface area (Å²) in [6.45, 7) is 5.66. The van der Waals surface area contributed by atoms with Gasteiger partial charge in [0.15, 0.2) is 0 Å². The molecule has 3 aliphatic rings. The molecule has 0 amide bonds. The molecule has 64 valence electrons. The van der Waals surface area contributed by atoms with Gasteiger partial charge in [-0.1, -0.05) is 0 Å². The van der Waals surface area contributed by atoms with Crippen LogP contribution in [0.4, 0.5) is 0 Å². The zero-order chi connectivity index (χ0) is 7.73. The number of piperidine rings is 3. The van der Waals surface area contributed by atoms with Crippen molar-refractivity contribution in [2.45, 2.75) is 19.3 Å². The van der Waals surface area contributed by atoms with Crippen LogP contribution in [0.5, 0.6) is 0 Å². The SMILES string of the molecule is SCC[N+]12CCC(CC1)CC2. The van der Waals surface area contributed by atoms with E-state index in [1.165, 1.54) is 49.9 Å². The van der Waals surface area contributed by atoms with E-state index in [4.69, 9.17) is 0 Å². The molecule has 0 aromatic heterocycles. The van der Waals surface area contributed by atoms with Crippen LogP contribution in [-0.4, -0.2) is 36.4 Å². The Hall–Kier alpha value is 0.310. The van der Waals surface area contributed by atoms with Crippen molar-refractivity contribution in [3.8, 4) is 0 Å². The topological polar surface area (TPSA) is 0 Å². The lowest BCUT2D eigenvalue weighted by Gasteiger charge is -2.49. The average molecular weight is 172 g/mol. The maximum absolute atomic E-state index is 4.34. The van der Waals surface area contributed by atoms with E-state index in [9.17, 15) is 0 Å². The summed E-state index contributed by atoms with van der Waals surface area (Å²) in [5.41, 5.74) is 0. The molecule has 2 bridgehead atoms. The summed E-state index contributed by atoms with van der Waals surface area (Å²) in [5, 5.41) is 0. The first kappa shape index (κ1) is 7.93. The lowest BCUT2D eigenvalue weighted by atomic mass is 9.86. The number of thiol groups is 1. The third-order valence-electron chi connectivity index (χ3n) is 3.61. The maximum Gasteiger partial charge on any atom is 0.0876 e. The van der Waals surface area contributed by atoms with E-state index in [1.807, 2.05) is 0 Å². The van der Waals surface area contributed by atoms with Gasteiger partial charge in [-0.05, 0) is 25.2 Å². The van der Waals surface area contributed by atoms with Crippen molar-refractivity contribution < 1.29 is 4.48 Å². The number of quaternary nitrogens is 1. The van der Waals surface area contributed by atoms with Crippen LogP contribution in [0.15, 0.2) is 0 Å². The summed E-state index contributed by atoms with van der Waals surface area (Å²) in [6, 6.07) is 0. The molecule has 3 fully saturated rings. The zero-order valence-electron chi connectivity index (χ0n) is 7.13. The molecular formula is C9H18NS+. The smallest absolute Gasteiger partial charge is 0.0876 e. The minimum atomic E-state index is 1.07. The molecule has 0 aliphatic carbocycles. The van der Waals surface area contributed by atoms with Gasteiger partial charge in [0.2, 0.25) is 0 Å². The molecule has 1 nitrogen and oxygen atoms in total. The van der Waals surface area contributed by atoms with Crippen LogP contribution < -0.4 is 0 Å². The molecule has 11 heavy (non-hydrogen) atoms. The Bertz CT molecular complexity index is 119. The van der Waals surface area contributed by atoms with Crippen LogP contribution >= 0.6 is 12.6 Å². The molecule has 0 radical (unpaired) electrons. The van der Waals surface area contributed by atoms with Crippen molar-refractivity contribution in [2.24, 2.45) is 5.92 Å². The highest BCUT2D eigenvalue weighted by molar-refractivity contribution is 7.80. The van der Waals surface area contributed by atoms with Gasteiger partial charge >= 0.3 is 0 Å². The third-order valence-corrected chi connectivity index (χ3v) is 3.81. The van der Waals surface area contributed by atoms with Gasteiger partial charge in [0, 0.05) is 5.75 Å². The summed E-state index contributed by atoms with van der Waals surface area (Å²) in [4.78, 5) is 0. The van der Waals surface area contributed by atoms with Gasteiger partial charge in [-0.15, -0.1) is 0 Å². The van der Waals surface area contributed by atoms with Gasteiger partial charge in [-0.2, -0.15) is 12.6 Å². The predicted molar refractivity (Wildman–Crippen MR) is 50.9 cm³/mol. The van der Waals surface area contributed by atoms with E-state index >= 15 is 0 Å². The van der Waals surface area contributed by atoms with E-state index in [2.05, 4.69) is 12.6 Å². The van der Waals surface area contributed by atoms with Crippen molar-refractivity contribution in [1.82, 2.24) is 0 Å². The normalized spacial score (nSPS) is 42.8. The lowest BCUT2D eigenvalue weighted by molar-refractivity contribution is -0.940. The molecule has 0 unspecified atom stereocenters. The van der Waals surface area contributed by atoms with E-state index in [0.29, 0.717) is 0 Å². The first-order valence-electron chi connectivity index (χ1n) is 4.81. The quantitative estimate of drug-likeness (QED) is 0.474. The molecule has 2 heteroatoms. The van der Waals surface area contributed by atoms with Crippen molar-refractivity contribution in [2.75, 3.05) is 31.9 Å². The fourth-order valence-corrected chi connectivity index (χ4v) is 3.11. The van der Waals surface area contributed by atoms with Crippen LogP contribution in [0.2, 0.25) is 0 Å². The van der Waals surface area contributed by atoms with Gasteiger partial charge < -0.3 is 4.48 Å². The lowest BCUT2D eigenvalue weighted by Crippen LogP contribution is -2.58. The number of nitrogens with zero attached hydrogens (tertiary/aromatic N) is 1. The molecule has 0 N–H and O–H groups in total. The predicted octanol–water partition coefficient (Wildman–Crippen LogP) is 1.55. The maximum atomic E-state index is 4.34. The highest BCUT2D eigenvalue weighted by atomic mass is 32.1. The molecule has 3 rings (SSSR count). The highest BCUT2D eigenvalue weighted by Crippen LogP contribution is 2.33. The van der Waals surface area contributed by atoms with Gasteiger partial charge in [0.05, 0.1) is 26.2 Å². The molecule has 0 atom stereocenters. The summed E-state index contributed by atoms with van der Waals surface area (Å²) in [7, 11) is 0. The van der Waals surface area contributed by atoms with Crippen LogP contribution in [0.1, 0.15) is 19.3 Å². The second-order valence-electron chi connectivity index (χ2n) is 4.19. The van der Waals surface area contributed by atoms with Gasteiger partial charge in [0.1, 0.15) is 0 Å². The Kier molecular flexibility index (Phi) is 2.15. The second-order valence-corrected chi connectivity index (χ2v) is 4.64. The van der Waals surface area contributed by atoms with Gasteiger partial charge in [-0.3, -0.25) is 0 Å². The molecule has 0 aromatic rings. The molecule has 3 heterocycles. The number of hydrogen-bond donors (Lipinski definition) is 1. The monoisotopic (exact) mass is 172 g/mol.